The average Bonchev–Trinajstić information content (AvgIpc) is 2.75. The number of piperazine rings is 1. The zero-order valence-electron chi connectivity index (χ0n) is 12.7. The van der Waals surface area contributed by atoms with Crippen LogP contribution in [0.5, 0.6) is 0 Å². The second kappa shape index (κ2) is 5.42. The largest absolute Gasteiger partial charge is 0.367 e. The van der Waals surface area contributed by atoms with E-state index in [2.05, 4.69) is 50.3 Å². The SMILES string of the molecule is CN1CCN(c2cccc3c2Nc2ncccc2N=C3)CC1. The summed E-state index contributed by atoms with van der Waals surface area (Å²) in [6, 6.07) is 10.3. The molecule has 0 aliphatic carbocycles. The van der Waals surface area contributed by atoms with E-state index < -0.39 is 0 Å². The number of para-hydroxylation sites is 1. The first-order valence-corrected chi connectivity index (χ1v) is 7.64. The van der Waals surface area contributed by atoms with Crippen molar-refractivity contribution in [2.75, 3.05) is 43.4 Å². The van der Waals surface area contributed by atoms with E-state index in [-0.39, 0.29) is 0 Å². The number of benzene rings is 1. The van der Waals surface area contributed by atoms with E-state index in [0.29, 0.717) is 0 Å². The molecular weight excluding hydrogens is 274 g/mol. The summed E-state index contributed by atoms with van der Waals surface area (Å²) in [7, 11) is 2.17. The normalized spacial score (nSPS) is 17.4. The highest BCUT2D eigenvalue weighted by Crippen LogP contribution is 2.36. The van der Waals surface area contributed by atoms with Crippen LogP contribution in [0, 0.1) is 0 Å². The van der Waals surface area contributed by atoms with Crippen LogP contribution in [0.2, 0.25) is 0 Å². The van der Waals surface area contributed by atoms with E-state index in [1.54, 1.807) is 6.20 Å². The summed E-state index contributed by atoms with van der Waals surface area (Å²) in [6.07, 6.45) is 3.72. The molecule has 1 aromatic carbocycles. The van der Waals surface area contributed by atoms with Gasteiger partial charge in [-0.2, -0.15) is 0 Å². The molecular formula is C17H19N5. The van der Waals surface area contributed by atoms with E-state index >= 15 is 0 Å². The lowest BCUT2D eigenvalue weighted by Crippen LogP contribution is -2.44. The van der Waals surface area contributed by atoms with E-state index in [1.165, 1.54) is 5.69 Å². The molecule has 0 bridgehead atoms. The second-order valence-corrected chi connectivity index (χ2v) is 5.79. The van der Waals surface area contributed by atoms with Gasteiger partial charge in [0.25, 0.3) is 0 Å². The number of fused-ring (bicyclic) bond motifs is 2. The van der Waals surface area contributed by atoms with Crippen LogP contribution in [0.3, 0.4) is 0 Å². The van der Waals surface area contributed by atoms with E-state index in [4.69, 9.17) is 0 Å². The third kappa shape index (κ3) is 2.33. The first kappa shape index (κ1) is 13.3. The summed E-state index contributed by atoms with van der Waals surface area (Å²) < 4.78 is 0. The molecule has 0 amide bonds. The molecule has 0 radical (unpaired) electrons. The Morgan fingerprint density at radius 3 is 2.77 bits per heavy atom. The molecule has 1 fully saturated rings. The number of nitrogens with one attached hydrogen (secondary N) is 1. The number of rotatable bonds is 1. The minimum Gasteiger partial charge on any atom is -0.367 e. The number of anilines is 3. The molecule has 112 valence electrons. The highest BCUT2D eigenvalue weighted by atomic mass is 15.3. The van der Waals surface area contributed by atoms with Crippen molar-refractivity contribution in [3.05, 3.63) is 42.1 Å². The number of aromatic nitrogens is 1. The Labute approximate surface area is 130 Å². The summed E-state index contributed by atoms with van der Waals surface area (Å²) in [5.41, 5.74) is 4.32. The van der Waals surface area contributed by atoms with Crippen LogP contribution < -0.4 is 10.2 Å². The molecule has 1 aromatic heterocycles. The Morgan fingerprint density at radius 2 is 1.91 bits per heavy atom. The summed E-state index contributed by atoms with van der Waals surface area (Å²) >= 11 is 0. The van der Waals surface area contributed by atoms with Gasteiger partial charge in [0, 0.05) is 44.2 Å². The van der Waals surface area contributed by atoms with Crippen molar-refractivity contribution in [3.8, 4) is 0 Å². The second-order valence-electron chi connectivity index (χ2n) is 5.79. The van der Waals surface area contributed by atoms with Gasteiger partial charge in [-0.15, -0.1) is 0 Å². The average molecular weight is 293 g/mol. The van der Waals surface area contributed by atoms with Crippen LogP contribution in [0.25, 0.3) is 0 Å². The standard InChI is InChI=1S/C17H19N5/c1-21-8-10-22(11-9-21)15-6-2-4-13-12-19-14-5-3-7-18-17(14)20-16(13)15/h2-7,12H,8-11H2,1H3,(H,18,20). The third-order valence-electron chi connectivity index (χ3n) is 4.29. The van der Waals surface area contributed by atoms with Gasteiger partial charge in [0.15, 0.2) is 5.82 Å². The molecule has 0 saturated carbocycles. The fourth-order valence-electron chi connectivity index (χ4n) is 2.97. The van der Waals surface area contributed by atoms with Crippen LogP contribution in [0.1, 0.15) is 5.56 Å². The highest BCUT2D eigenvalue weighted by molar-refractivity contribution is 5.98. The van der Waals surface area contributed by atoms with Crippen LogP contribution in [0.4, 0.5) is 22.9 Å². The Balaban J connectivity index is 1.75. The van der Waals surface area contributed by atoms with E-state index in [9.17, 15) is 0 Å². The third-order valence-corrected chi connectivity index (χ3v) is 4.29. The van der Waals surface area contributed by atoms with Gasteiger partial charge in [0.05, 0.1) is 11.4 Å². The maximum absolute atomic E-state index is 4.55. The summed E-state index contributed by atoms with van der Waals surface area (Å²) in [5, 5.41) is 3.49. The number of aliphatic imine (C=N–C) groups is 1. The summed E-state index contributed by atoms with van der Waals surface area (Å²) in [5.74, 6) is 0.819. The first-order valence-electron chi connectivity index (χ1n) is 7.64. The van der Waals surface area contributed by atoms with Crippen molar-refractivity contribution in [1.82, 2.24) is 9.88 Å². The molecule has 4 rings (SSSR count). The zero-order valence-corrected chi connectivity index (χ0v) is 12.7. The van der Waals surface area contributed by atoms with Crippen LogP contribution in [-0.2, 0) is 0 Å². The minimum absolute atomic E-state index is 0.819. The molecule has 22 heavy (non-hydrogen) atoms. The maximum atomic E-state index is 4.55. The Bertz CT molecular complexity index is 717. The van der Waals surface area contributed by atoms with Crippen molar-refractivity contribution in [3.63, 3.8) is 0 Å². The molecule has 0 atom stereocenters. The molecule has 2 aliphatic rings. The van der Waals surface area contributed by atoms with Crippen LogP contribution in [-0.4, -0.2) is 49.3 Å². The van der Waals surface area contributed by atoms with Gasteiger partial charge in [-0.05, 0) is 25.2 Å². The quantitative estimate of drug-likeness (QED) is 0.749. The summed E-state index contributed by atoms with van der Waals surface area (Å²) in [4.78, 5) is 13.8. The first-order chi connectivity index (χ1) is 10.8. The smallest absolute Gasteiger partial charge is 0.156 e. The van der Waals surface area contributed by atoms with Gasteiger partial charge in [0.2, 0.25) is 0 Å². The minimum atomic E-state index is 0.819. The maximum Gasteiger partial charge on any atom is 0.156 e. The van der Waals surface area contributed by atoms with Gasteiger partial charge in [0.1, 0.15) is 5.69 Å². The number of pyridine rings is 1. The Hall–Kier alpha value is -2.40. The van der Waals surface area contributed by atoms with Gasteiger partial charge in [-0.1, -0.05) is 12.1 Å². The monoisotopic (exact) mass is 293 g/mol. The lowest BCUT2D eigenvalue weighted by Gasteiger charge is -2.35. The number of likely N-dealkylation sites (N-methyl/N-ethyl adjacent to an activating group) is 1. The number of nitrogens with zero attached hydrogens (tertiary/aromatic N) is 4. The summed E-state index contributed by atoms with van der Waals surface area (Å²) in [6.45, 7) is 4.26. The molecule has 0 unspecified atom stereocenters. The molecule has 1 N–H and O–H groups in total. The van der Waals surface area contributed by atoms with Crippen LogP contribution >= 0.6 is 0 Å². The molecule has 2 aromatic rings. The molecule has 2 aliphatic heterocycles. The van der Waals surface area contributed by atoms with Gasteiger partial charge in [-0.3, -0.25) is 4.99 Å². The van der Waals surface area contributed by atoms with E-state index in [0.717, 1.165) is 48.9 Å². The molecule has 1 saturated heterocycles. The van der Waals surface area contributed by atoms with E-state index in [1.807, 2.05) is 18.3 Å². The van der Waals surface area contributed by atoms with Crippen molar-refractivity contribution < 1.29 is 0 Å². The predicted octanol–water partition coefficient (Wildman–Crippen LogP) is 2.64. The van der Waals surface area contributed by atoms with Crippen molar-refractivity contribution in [1.29, 1.82) is 0 Å². The molecule has 3 heterocycles. The molecule has 5 nitrogen and oxygen atoms in total. The van der Waals surface area contributed by atoms with Crippen molar-refractivity contribution in [2.24, 2.45) is 4.99 Å². The lowest BCUT2D eigenvalue weighted by molar-refractivity contribution is 0.313. The Morgan fingerprint density at radius 1 is 1.05 bits per heavy atom. The molecule has 0 spiro atoms. The fraction of sp³-hybridized carbons (Fsp3) is 0.294. The topological polar surface area (TPSA) is 43.8 Å². The molecule has 5 heteroatoms. The van der Waals surface area contributed by atoms with Gasteiger partial charge < -0.3 is 15.1 Å². The number of hydrogen-bond donors (Lipinski definition) is 1. The number of hydrogen-bond acceptors (Lipinski definition) is 5. The Kier molecular flexibility index (Phi) is 3.27. The van der Waals surface area contributed by atoms with Crippen molar-refractivity contribution >= 4 is 29.1 Å². The zero-order chi connectivity index (χ0) is 14.9. The van der Waals surface area contributed by atoms with Crippen LogP contribution in [0.15, 0.2) is 41.5 Å². The van der Waals surface area contributed by atoms with Gasteiger partial charge >= 0.3 is 0 Å². The highest BCUT2D eigenvalue weighted by Gasteiger charge is 2.20. The fourth-order valence-corrected chi connectivity index (χ4v) is 2.97. The van der Waals surface area contributed by atoms with Gasteiger partial charge in [-0.25, -0.2) is 4.98 Å². The predicted molar refractivity (Wildman–Crippen MR) is 90.9 cm³/mol. The van der Waals surface area contributed by atoms with Crippen molar-refractivity contribution in [2.45, 2.75) is 0 Å². The lowest BCUT2D eigenvalue weighted by atomic mass is 10.1.